The largest absolute Gasteiger partial charge is 0.497 e. The average Bonchev–Trinajstić information content (AvgIpc) is 3.08. The van der Waals surface area contributed by atoms with E-state index < -0.39 is 0 Å². The predicted octanol–water partition coefficient (Wildman–Crippen LogP) is 3.73. The summed E-state index contributed by atoms with van der Waals surface area (Å²) < 4.78 is 10.9. The van der Waals surface area contributed by atoms with E-state index in [9.17, 15) is 0 Å². The van der Waals surface area contributed by atoms with E-state index in [0.29, 0.717) is 23.3 Å². The first-order valence-corrected chi connectivity index (χ1v) is 8.05. The van der Waals surface area contributed by atoms with Crippen LogP contribution in [0.1, 0.15) is 11.5 Å². The van der Waals surface area contributed by atoms with Crippen LogP contribution in [0.5, 0.6) is 5.75 Å². The molecule has 124 valence electrons. The number of nitrogens with zero attached hydrogens (tertiary/aromatic N) is 2. The molecule has 0 fully saturated rings. The first-order chi connectivity index (χ1) is 11.8. The van der Waals surface area contributed by atoms with E-state index in [2.05, 4.69) is 21.6 Å². The first kappa shape index (κ1) is 16.5. The molecule has 5 nitrogen and oxygen atoms in total. The third-order valence-corrected chi connectivity index (χ3v) is 3.90. The van der Waals surface area contributed by atoms with Crippen molar-refractivity contribution in [2.45, 2.75) is 13.0 Å². The average molecular weight is 344 g/mol. The van der Waals surface area contributed by atoms with Crippen LogP contribution in [0.25, 0.3) is 11.5 Å². The van der Waals surface area contributed by atoms with Gasteiger partial charge in [0.2, 0.25) is 11.8 Å². The highest BCUT2D eigenvalue weighted by atomic mass is 35.5. The van der Waals surface area contributed by atoms with Crippen LogP contribution in [0.2, 0.25) is 5.02 Å². The molecule has 1 N–H and O–H groups in total. The minimum absolute atomic E-state index is 0.435. The summed E-state index contributed by atoms with van der Waals surface area (Å²) in [6.07, 6.45) is 0.892. The number of aromatic nitrogens is 2. The second-order valence-corrected chi connectivity index (χ2v) is 5.67. The normalized spacial score (nSPS) is 10.8. The van der Waals surface area contributed by atoms with Crippen molar-refractivity contribution < 1.29 is 9.15 Å². The Balaban J connectivity index is 1.52. The summed E-state index contributed by atoms with van der Waals surface area (Å²) in [6.45, 7) is 1.32. The molecular weight excluding hydrogens is 326 g/mol. The maximum absolute atomic E-state index is 6.13. The van der Waals surface area contributed by atoms with E-state index >= 15 is 0 Å². The topological polar surface area (TPSA) is 60.2 Å². The molecule has 0 amide bonds. The number of benzene rings is 2. The first-order valence-electron chi connectivity index (χ1n) is 7.67. The van der Waals surface area contributed by atoms with E-state index in [4.69, 9.17) is 20.8 Å². The molecule has 0 saturated carbocycles. The van der Waals surface area contributed by atoms with E-state index in [1.807, 2.05) is 36.4 Å². The molecule has 3 aromatic rings. The Morgan fingerprint density at radius 2 is 2.00 bits per heavy atom. The summed E-state index contributed by atoms with van der Waals surface area (Å²) in [4.78, 5) is 0. The van der Waals surface area contributed by atoms with Gasteiger partial charge >= 0.3 is 0 Å². The molecule has 0 aliphatic heterocycles. The van der Waals surface area contributed by atoms with Crippen molar-refractivity contribution in [3.63, 3.8) is 0 Å². The highest BCUT2D eigenvalue weighted by Gasteiger charge is 2.11. The van der Waals surface area contributed by atoms with Crippen LogP contribution < -0.4 is 10.1 Å². The molecule has 0 aliphatic carbocycles. The van der Waals surface area contributed by atoms with Gasteiger partial charge in [0, 0.05) is 0 Å². The van der Waals surface area contributed by atoms with Crippen molar-refractivity contribution in [3.05, 3.63) is 65.0 Å². The van der Waals surface area contributed by atoms with E-state index in [0.717, 1.165) is 24.3 Å². The van der Waals surface area contributed by atoms with Gasteiger partial charge in [-0.3, -0.25) is 0 Å². The number of hydrogen-bond acceptors (Lipinski definition) is 5. The van der Waals surface area contributed by atoms with Gasteiger partial charge in [0.05, 0.1) is 24.2 Å². The summed E-state index contributed by atoms with van der Waals surface area (Å²) in [5.41, 5.74) is 1.96. The van der Waals surface area contributed by atoms with Gasteiger partial charge in [0.15, 0.2) is 0 Å². The van der Waals surface area contributed by atoms with Gasteiger partial charge in [0.25, 0.3) is 0 Å². The predicted molar refractivity (Wildman–Crippen MR) is 93.1 cm³/mol. The Kier molecular flexibility index (Phi) is 5.46. The third-order valence-electron chi connectivity index (χ3n) is 3.57. The van der Waals surface area contributed by atoms with Gasteiger partial charge in [-0.1, -0.05) is 35.9 Å². The van der Waals surface area contributed by atoms with Gasteiger partial charge in [-0.05, 0) is 42.8 Å². The quantitative estimate of drug-likeness (QED) is 0.662. The minimum Gasteiger partial charge on any atom is -0.497 e. The molecule has 0 aliphatic rings. The smallest absolute Gasteiger partial charge is 0.249 e. The fourth-order valence-corrected chi connectivity index (χ4v) is 2.54. The Bertz CT molecular complexity index is 804. The summed E-state index contributed by atoms with van der Waals surface area (Å²) in [6, 6.07) is 15.4. The molecular formula is C18H18ClN3O2. The summed E-state index contributed by atoms with van der Waals surface area (Å²) in [5.74, 6) is 1.84. The molecule has 0 atom stereocenters. The zero-order valence-electron chi connectivity index (χ0n) is 13.3. The lowest BCUT2D eigenvalue weighted by Gasteiger charge is -2.05. The summed E-state index contributed by atoms with van der Waals surface area (Å²) in [5, 5.41) is 12.0. The number of rotatable bonds is 7. The fourth-order valence-electron chi connectivity index (χ4n) is 2.32. The molecule has 0 unspecified atom stereocenters. The minimum atomic E-state index is 0.435. The van der Waals surface area contributed by atoms with E-state index in [1.54, 1.807) is 13.2 Å². The Hall–Kier alpha value is -2.37. The van der Waals surface area contributed by atoms with Crippen molar-refractivity contribution in [3.8, 4) is 17.2 Å². The van der Waals surface area contributed by atoms with Gasteiger partial charge in [-0.2, -0.15) is 0 Å². The molecule has 0 saturated heterocycles. The zero-order chi connectivity index (χ0) is 16.8. The van der Waals surface area contributed by atoms with Crippen LogP contribution in [0.15, 0.2) is 52.9 Å². The Labute approximate surface area is 145 Å². The lowest BCUT2D eigenvalue weighted by Crippen LogP contribution is -2.16. The van der Waals surface area contributed by atoms with Crippen molar-refractivity contribution in [2.75, 3.05) is 13.7 Å². The third kappa shape index (κ3) is 4.13. The Morgan fingerprint density at radius 3 is 2.83 bits per heavy atom. The van der Waals surface area contributed by atoms with Crippen LogP contribution in [0, 0.1) is 0 Å². The molecule has 1 heterocycles. The highest BCUT2D eigenvalue weighted by Crippen LogP contribution is 2.26. The van der Waals surface area contributed by atoms with Crippen molar-refractivity contribution >= 4 is 11.6 Å². The van der Waals surface area contributed by atoms with Crippen LogP contribution in [0.4, 0.5) is 0 Å². The van der Waals surface area contributed by atoms with E-state index in [-0.39, 0.29) is 0 Å². The number of hydrogen-bond donors (Lipinski definition) is 1. The second kappa shape index (κ2) is 7.95. The van der Waals surface area contributed by atoms with Crippen molar-refractivity contribution in [2.24, 2.45) is 0 Å². The molecule has 24 heavy (non-hydrogen) atoms. The molecule has 0 spiro atoms. The van der Waals surface area contributed by atoms with Gasteiger partial charge in [0.1, 0.15) is 5.75 Å². The lowest BCUT2D eigenvalue weighted by atomic mass is 10.1. The monoisotopic (exact) mass is 343 g/mol. The van der Waals surface area contributed by atoms with Crippen molar-refractivity contribution in [1.29, 1.82) is 0 Å². The van der Waals surface area contributed by atoms with Crippen molar-refractivity contribution in [1.82, 2.24) is 15.5 Å². The maximum Gasteiger partial charge on any atom is 0.249 e. The van der Waals surface area contributed by atoms with Gasteiger partial charge in [-0.25, -0.2) is 0 Å². The molecule has 6 heteroatoms. The van der Waals surface area contributed by atoms with Gasteiger partial charge in [-0.15, -0.1) is 10.2 Å². The van der Waals surface area contributed by atoms with Crippen LogP contribution in [0.3, 0.4) is 0 Å². The molecule has 0 radical (unpaired) electrons. The molecule has 0 bridgehead atoms. The summed E-state index contributed by atoms with van der Waals surface area (Å²) in [7, 11) is 1.67. The highest BCUT2D eigenvalue weighted by molar-refractivity contribution is 6.33. The number of nitrogens with one attached hydrogen (secondary N) is 1. The van der Waals surface area contributed by atoms with Crippen LogP contribution >= 0.6 is 11.6 Å². The second-order valence-electron chi connectivity index (χ2n) is 5.26. The van der Waals surface area contributed by atoms with Crippen LogP contribution in [-0.4, -0.2) is 23.9 Å². The number of halogens is 1. The number of ether oxygens (including phenoxy) is 1. The van der Waals surface area contributed by atoms with E-state index in [1.165, 1.54) is 5.56 Å². The summed E-state index contributed by atoms with van der Waals surface area (Å²) >= 11 is 6.13. The Morgan fingerprint density at radius 1 is 1.12 bits per heavy atom. The van der Waals surface area contributed by atoms with Gasteiger partial charge < -0.3 is 14.5 Å². The maximum atomic E-state index is 6.13. The standard InChI is InChI=1S/C18H18ClN3O2/c1-23-14-6-4-5-13(11-14)9-10-20-12-17-21-22-18(24-17)15-7-2-3-8-16(15)19/h2-8,11,20H,9-10,12H2,1H3. The fraction of sp³-hybridized carbons (Fsp3) is 0.222. The molecule has 1 aromatic heterocycles. The molecule has 2 aromatic carbocycles. The molecule has 3 rings (SSSR count). The van der Waals surface area contributed by atoms with Crippen LogP contribution in [-0.2, 0) is 13.0 Å². The SMILES string of the molecule is COc1cccc(CCNCc2nnc(-c3ccccc3Cl)o2)c1. The zero-order valence-corrected chi connectivity index (χ0v) is 14.1. The lowest BCUT2D eigenvalue weighted by molar-refractivity contribution is 0.414. The number of methoxy groups -OCH3 is 1.